The lowest BCUT2D eigenvalue weighted by atomic mass is 9.92. The number of aryl methyl sites for hydroxylation is 1. The molecule has 0 radical (unpaired) electrons. The van der Waals surface area contributed by atoms with Crippen molar-refractivity contribution in [1.29, 1.82) is 0 Å². The predicted octanol–water partition coefficient (Wildman–Crippen LogP) is 4.84. The van der Waals surface area contributed by atoms with Crippen molar-refractivity contribution in [2.75, 3.05) is 0 Å². The Kier molecular flexibility index (Phi) is 1.92. The highest BCUT2D eigenvalue weighted by Gasteiger charge is 2.14. The van der Waals surface area contributed by atoms with E-state index in [0.717, 1.165) is 11.2 Å². The molecule has 0 spiro atoms. The molecule has 98 valence electrons. The van der Waals surface area contributed by atoms with Gasteiger partial charge < -0.3 is 0 Å². The second kappa shape index (κ2) is 3.67. The van der Waals surface area contributed by atoms with E-state index in [1.165, 1.54) is 37.7 Å². The Balaban J connectivity index is 2.29. The monoisotopic (exact) mass is 268 g/mol. The first-order valence-corrected chi connectivity index (χ1v) is 7.13. The summed E-state index contributed by atoms with van der Waals surface area (Å²) in [6.45, 7) is 2.02. The van der Waals surface area contributed by atoms with Crippen LogP contribution in [0.2, 0.25) is 0 Å². The summed E-state index contributed by atoms with van der Waals surface area (Å²) in [5.41, 5.74) is 2.00. The standard InChI is InChI=1S/C19H12N2/c1-11-13-7-4-9-15-14-8-2-5-12-6-3-10-16(17(12)14)19(18(13)15)21-20-11/h2-10H,1H3. The van der Waals surface area contributed by atoms with Gasteiger partial charge in [0.25, 0.3) is 0 Å². The van der Waals surface area contributed by atoms with Gasteiger partial charge in [-0.1, -0.05) is 54.6 Å². The average Bonchev–Trinajstić information content (AvgIpc) is 2.54. The van der Waals surface area contributed by atoms with Crippen LogP contribution in [-0.2, 0) is 0 Å². The molecule has 0 atom stereocenters. The summed E-state index contributed by atoms with van der Waals surface area (Å²) in [6, 6.07) is 19.4. The Morgan fingerprint density at radius 3 is 2.05 bits per heavy atom. The minimum atomic E-state index is 0.988. The summed E-state index contributed by atoms with van der Waals surface area (Å²) in [6.07, 6.45) is 0. The van der Waals surface area contributed by atoms with Crippen molar-refractivity contribution in [3.8, 4) is 0 Å². The van der Waals surface area contributed by atoms with Gasteiger partial charge in [-0.25, -0.2) is 0 Å². The molecule has 21 heavy (non-hydrogen) atoms. The number of hydrogen-bond acceptors (Lipinski definition) is 2. The highest BCUT2D eigenvalue weighted by atomic mass is 15.1. The molecule has 0 N–H and O–H groups in total. The first-order chi connectivity index (χ1) is 10.3. The molecule has 0 aliphatic heterocycles. The van der Waals surface area contributed by atoms with Crippen LogP contribution in [0.15, 0.2) is 54.6 Å². The van der Waals surface area contributed by atoms with E-state index in [1.54, 1.807) is 0 Å². The molecule has 5 aromatic rings. The average molecular weight is 268 g/mol. The maximum atomic E-state index is 4.51. The molecule has 1 aromatic heterocycles. The summed E-state index contributed by atoms with van der Waals surface area (Å²) in [5.74, 6) is 0. The van der Waals surface area contributed by atoms with Crippen molar-refractivity contribution in [3.63, 3.8) is 0 Å². The van der Waals surface area contributed by atoms with Crippen LogP contribution < -0.4 is 0 Å². The molecule has 5 rings (SSSR count). The van der Waals surface area contributed by atoms with Crippen molar-refractivity contribution in [1.82, 2.24) is 10.2 Å². The van der Waals surface area contributed by atoms with Crippen LogP contribution in [0.1, 0.15) is 5.69 Å². The zero-order chi connectivity index (χ0) is 14.0. The molecule has 2 heteroatoms. The second-order valence-corrected chi connectivity index (χ2v) is 5.57. The molecule has 0 bridgehead atoms. The molecular formula is C19H12N2. The Labute approximate surface area is 121 Å². The van der Waals surface area contributed by atoms with Gasteiger partial charge in [0.05, 0.1) is 5.69 Å². The molecule has 0 saturated carbocycles. The normalized spacial score (nSPS) is 12.0. The highest BCUT2D eigenvalue weighted by molar-refractivity contribution is 6.31. The quantitative estimate of drug-likeness (QED) is 0.297. The zero-order valence-corrected chi connectivity index (χ0v) is 11.6. The zero-order valence-electron chi connectivity index (χ0n) is 11.6. The Morgan fingerprint density at radius 1 is 0.619 bits per heavy atom. The largest absolute Gasteiger partial charge is 0.155 e. The van der Waals surface area contributed by atoms with Crippen molar-refractivity contribution in [2.45, 2.75) is 6.92 Å². The third-order valence-corrected chi connectivity index (χ3v) is 4.44. The fourth-order valence-electron chi connectivity index (χ4n) is 3.51. The SMILES string of the molecule is Cc1nnc2c3cccc4cccc(c5cccc1c52)c43. The van der Waals surface area contributed by atoms with Crippen molar-refractivity contribution in [2.24, 2.45) is 0 Å². The molecule has 2 nitrogen and oxygen atoms in total. The van der Waals surface area contributed by atoms with E-state index in [9.17, 15) is 0 Å². The molecule has 0 aliphatic carbocycles. The summed E-state index contributed by atoms with van der Waals surface area (Å²) in [5, 5.41) is 17.6. The van der Waals surface area contributed by atoms with Gasteiger partial charge in [0.1, 0.15) is 5.52 Å². The molecule has 0 amide bonds. The first kappa shape index (κ1) is 11.0. The smallest absolute Gasteiger partial charge is 0.102 e. The first-order valence-electron chi connectivity index (χ1n) is 7.13. The van der Waals surface area contributed by atoms with E-state index in [-0.39, 0.29) is 0 Å². The number of hydrogen-bond donors (Lipinski definition) is 0. The van der Waals surface area contributed by atoms with E-state index in [4.69, 9.17) is 0 Å². The molecule has 0 unspecified atom stereocenters. The lowest BCUT2D eigenvalue weighted by Crippen LogP contribution is -1.94. The Hall–Kier alpha value is -2.74. The van der Waals surface area contributed by atoms with Gasteiger partial charge in [-0.05, 0) is 28.5 Å². The van der Waals surface area contributed by atoms with E-state index in [1.807, 2.05) is 6.92 Å². The van der Waals surface area contributed by atoms with Crippen LogP contribution in [0.25, 0.3) is 43.2 Å². The van der Waals surface area contributed by atoms with Gasteiger partial charge in [0.15, 0.2) is 0 Å². The molecular weight excluding hydrogens is 256 g/mol. The maximum Gasteiger partial charge on any atom is 0.102 e. The van der Waals surface area contributed by atoms with Crippen LogP contribution in [0, 0.1) is 6.92 Å². The minimum Gasteiger partial charge on any atom is -0.155 e. The number of nitrogens with zero attached hydrogens (tertiary/aromatic N) is 2. The molecule has 1 heterocycles. The van der Waals surface area contributed by atoms with Crippen LogP contribution >= 0.6 is 0 Å². The van der Waals surface area contributed by atoms with Crippen molar-refractivity contribution >= 4 is 43.2 Å². The summed E-state index contributed by atoms with van der Waals surface area (Å²) < 4.78 is 0. The topological polar surface area (TPSA) is 25.8 Å². The lowest BCUT2D eigenvalue weighted by molar-refractivity contribution is 1.03. The third kappa shape index (κ3) is 1.27. The van der Waals surface area contributed by atoms with Crippen LogP contribution in [-0.4, -0.2) is 10.2 Å². The van der Waals surface area contributed by atoms with E-state index in [2.05, 4.69) is 64.8 Å². The minimum absolute atomic E-state index is 0.988. The number of benzene rings is 4. The second-order valence-electron chi connectivity index (χ2n) is 5.57. The Morgan fingerprint density at radius 2 is 1.24 bits per heavy atom. The summed E-state index contributed by atoms with van der Waals surface area (Å²) in [4.78, 5) is 0. The van der Waals surface area contributed by atoms with Gasteiger partial charge in [-0.15, -0.1) is 5.10 Å². The van der Waals surface area contributed by atoms with E-state index in [0.29, 0.717) is 0 Å². The van der Waals surface area contributed by atoms with Gasteiger partial charge in [0, 0.05) is 16.2 Å². The summed E-state index contributed by atoms with van der Waals surface area (Å²) in [7, 11) is 0. The predicted molar refractivity (Wildman–Crippen MR) is 88.0 cm³/mol. The molecule has 0 aliphatic rings. The van der Waals surface area contributed by atoms with Gasteiger partial charge in [0.2, 0.25) is 0 Å². The number of aromatic nitrogens is 2. The maximum absolute atomic E-state index is 4.51. The molecule has 0 saturated heterocycles. The van der Waals surface area contributed by atoms with Gasteiger partial charge in [-0.2, -0.15) is 5.10 Å². The van der Waals surface area contributed by atoms with E-state index < -0.39 is 0 Å². The lowest BCUT2D eigenvalue weighted by Gasteiger charge is -2.13. The fraction of sp³-hybridized carbons (Fsp3) is 0.0526. The fourth-order valence-corrected chi connectivity index (χ4v) is 3.51. The van der Waals surface area contributed by atoms with Gasteiger partial charge >= 0.3 is 0 Å². The summed E-state index contributed by atoms with van der Waals surface area (Å²) >= 11 is 0. The molecule has 4 aromatic carbocycles. The van der Waals surface area contributed by atoms with Crippen LogP contribution in [0.5, 0.6) is 0 Å². The third-order valence-electron chi connectivity index (χ3n) is 4.44. The van der Waals surface area contributed by atoms with Crippen molar-refractivity contribution in [3.05, 3.63) is 60.3 Å². The van der Waals surface area contributed by atoms with Crippen molar-refractivity contribution < 1.29 is 0 Å². The number of fused-ring (bicyclic) bond motifs is 2. The number of rotatable bonds is 0. The van der Waals surface area contributed by atoms with Crippen LogP contribution in [0.3, 0.4) is 0 Å². The van der Waals surface area contributed by atoms with Gasteiger partial charge in [-0.3, -0.25) is 0 Å². The van der Waals surface area contributed by atoms with Crippen LogP contribution in [0.4, 0.5) is 0 Å². The Bertz CT molecular complexity index is 1090. The van der Waals surface area contributed by atoms with E-state index >= 15 is 0 Å². The molecule has 0 fully saturated rings. The highest BCUT2D eigenvalue weighted by Crippen LogP contribution is 2.39.